The smallest absolute Gasteiger partial charge is 0.315 e. The fraction of sp³-hybridized carbons (Fsp3) is 0.458. The van der Waals surface area contributed by atoms with Gasteiger partial charge in [-0.15, -0.1) is 0 Å². The van der Waals surface area contributed by atoms with Gasteiger partial charge in [0.05, 0.1) is 27.9 Å². The normalized spacial score (nSPS) is 15.2. The summed E-state index contributed by atoms with van der Waals surface area (Å²) in [5.41, 5.74) is 2.01. The molecule has 0 aliphatic carbocycles. The van der Waals surface area contributed by atoms with Crippen LogP contribution in [0.3, 0.4) is 0 Å². The van der Waals surface area contributed by atoms with Crippen molar-refractivity contribution in [3.8, 4) is 23.0 Å². The highest BCUT2D eigenvalue weighted by Gasteiger charge is 2.23. The molecule has 1 fully saturated rings. The largest absolute Gasteiger partial charge is 0.497 e. The minimum absolute atomic E-state index is 0.198. The third-order valence-electron chi connectivity index (χ3n) is 5.52. The fourth-order valence-electron chi connectivity index (χ4n) is 3.85. The Bertz CT molecular complexity index is 880. The van der Waals surface area contributed by atoms with Crippen LogP contribution < -0.4 is 34.5 Å². The lowest BCUT2D eigenvalue weighted by atomic mass is 10.1. The van der Waals surface area contributed by atoms with Gasteiger partial charge < -0.3 is 34.5 Å². The molecule has 8 nitrogen and oxygen atoms in total. The zero-order valence-electron chi connectivity index (χ0n) is 19.3. The van der Waals surface area contributed by atoms with Crippen molar-refractivity contribution in [1.29, 1.82) is 0 Å². The van der Waals surface area contributed by atoms with E-state index in [4.69, 9.17) is 18.9 Å². The first kappa shape index (κ1) is 23.4. The quantitative estimate of drug-likeness (QED) is 0.586. The molecule has 8 heteroatoms. The molecule has 0 spiro atoms. The Morgan fingerprint density at radius 1 is 1.06 bits per heavy atom. The van der Waals surface area contributed by atoms with Gasteiger partial charge in [-0.25, -0.2) is 4.79 Å². The van der Waals surface area contributed by atoms with Crippen molar-refractivity contribution in [3.05, 3.63) is 42.0 Å². The van der Waals surface area contributed by atoms with E-state index < -0.39 is 0 Å². The van der Waals surface area contributed by atoms with Gasteiger partial charge in [0.15, 0.2) is 11.5 Å². The maximum absolute atomic E-state index is 12.3. The zero-order valence-corrected chi connectivity index (χ0v) is 19.3. The van der Waals surface area contributed by atoms with Crippen molar-refractivity contribution >= 4 is 11.7 Å². The molecule has 1 aliphatic heterocycles. The number of hydrogen-bond acceptors (Lipinski definition) is 6. The summed E-state index contributed by atoms with van der Waals surface area (Å²) in [7, 11) is 4.84. The van der Waals surface area contributed by atoms with Gasteiger partial charge in [0.2, 0.25) is 5.75 Å². The van der Waals surface area contributed by atoms with Gasteiger partial charge in [0.25, 0.3) is 0 Å². The fourth-order valence-corrected chi connectivity index (χ4v) is 3.85. The number of amides is 2. The molecule has 0 bridgehead atoms. The number of anilines is 1. The van der Waals surface area contributed by atoms with Gasteiger partial charge in [0.1, 0.15) is 5.75 Å². The first-order chi connectivity index (χ1) is 15.6. The molecule has 1 atom stereocenters. The number of rotatable bonds is 10. The van der Waals surface area contributed by atoms with E-state index in [1.807, 2.05) is 37.3 Å². The molecule has 1 aliphatic rings. The van der Waals surface area contributed by atoms with Crippen LogP contribution in [0.4, 0.5) is 10.5 Å². The summed E-state index contributed by atoms with van der Waals surface area (Å²) in [5, 5.41) is 5.89. The van der Waals surface area contributed by atoms with Gasteiger partial charge in [0, 0.05) is 37.9 Å². The van der Waals surface area contributed by atoms with Crippen molar-refractivity contribution in [3.63, 3.8) is 0 Å². The molecule has 0 radical (unpaired) electrons. The van der Waals surface area contributed by atoms with Crippen molar-refractivity contribution < 1.29 is 23.7 Å². The number of urea groups is 1. The predicted octanol–water partition coefficient (Wildman–Crippen LogP) is 3.44. The number of ether oxygens (including phenoxy) is 4. The number of methoxy groups -OCH3 is 3. The molecule has 3 rings (SSSR count). The average Bonchev–Trinajstić information content (AvgIpc) is 3.31. The van der Waals surface area contributed by atoms with Crippen LogP contribution in [0.25, 0.3) is 0 Å². The van der Waals surface area contributed by atoms with Gasteiger partial charge in [-0.2, -0.15) is 0 Å². The second-order valence-electron chi connectivity index (χ2n) is 7.63. The van der Waals surface area contributed by atoms with Crippen LogP contribution in [0, 0.1) is 5.92 Å². The number of carbonyl (C=O) groups excluding carboxylic acids is 1. The highest BCUT2D eigenvalue weighted by molar-refractivity contribution is 5.74. The third-order valence-corrected chi connectivity index (χ3v) is 5.52. The van der Waals surface area contributed by atoms with E-state index in [9.17, 15) is 4.79 Å². The Hall–Kier alpha value is -3.29. The Morgan fingerprint density at radius 3 is 2.47 bits per heavy atom. The maximum atomic E-state index is 12.3. The predicted molar refractivity (Wildman–Crippen MR) is 124 cm³/mol. The van der Waals surface area contributed by atoms with Crippen LogP contribution in [-0.4, -0.2) is 53.6 Å². The first-order valence-corrected chi connectivity index (χ1v) is 10.9. The number of nitrogens with zero attached hydrogens (tertiary/aromatic N) is 1. The molecule has 1 unspecified atom stereocenters. The third kappa shape index (κ3) is 5.90. The topological polar surface area (TPSA) is 81.3 Å². The Labute approximate surface area is 189 Å². The minimum Gasteiger partial charge on any atom is -0.497 e. The van der Waals surface area contributed by atoms with E-state index >= 15 is 0 Å². The van der Waals surface area contributed by atoms with Crippen LogP contribution in [0.2, 0.25) is 0 Å². The maximum Gasteiger partial charge on any atom is 0.315 e. The lowest BCUT2D eigenvalue weighted by Crippen LogP contribution is -2.38. The molecule has 0 saturated carbocycles. The molecule has 0 aromatic heterocycles. The van der Waals surface area contributed by atoms with E-state index in [2.05, 4.69) is 21.6 Å². The Morgan fingerprint density at radius 2 is 1.81 bits per heavy atom. The molecule has 1 heterocycles. The molecular weight excluding hydrogens is 410 g/mol. The van der Waals surface area contributed by atoms with Crippen molar-refractivity contribution in [2.75, 3.05) is 52.5 Å². The molecule has 2 amide bonds. The highest BCUT2D eigenvalue weighted by Crippen LogP contribution is 2.38. The number of carbonyl (C=O) groups is 1. The number of hydrogen-bond donors (Lipinski definition) is 2. The van der Waals surface area contributed by atoms with Gasteiger partial charge in [-0.1, -0.05) is 6.07 Å². The van der Waals surface area contributed by atoms with E-state index in [0.717, 1.165) is 36.5 Å². The monoisotopic (exact) mass is 443 g/mol. The lowest BCUT2D eigenvalue weighted by Gasteiger charge is -2.19. The van der Waals surface area contributed by atoms with E-state index in [0.29, 0.717) is 42.9 Å². The summed E-state index contributed by atoms with van der Waals surface area (Å²) in [5.74, 6) is 2.97. The number of benzene rings is 2. The lowest BCUT2D eigenvalue weighted by molar-refractivity contribution is 0.239. The zero-order chi connectivity index (χ0) is 22.9. The highest BCUT2D eigenvalue weighted by atomic mass is 16.5. The summed E-state index contributed by atoms with van der Waals surface area (Å²) in [6.45, 7) is 5.25. The van der Waals surface area contributed by atoms with Crippen LogP contribution in [0.5, 0.6) is 23.0 Å². The second-order valence-corrected chi connectivity index (χ2v) is 7.63. The van der Waals surface area contributed by atoms with Gasteiger partial charge in [-0.05, 0) is 49.1 Å². The van der Waals surface area contributed by atoms with Crippen LogP contribution in [0.15, 0.2) is 36.4 Å². The SMILES string of the molecule is CCOc1c(OC)cc(CNC(=O)NCC2CCN(c3cccc(OC)c3)C2)cc1OC. The molecule has 2 aromatic rings. The van der Waals surface area contributed by atoms with Crippen molar-refractivity contribution in [2.45, 2.75) is 19.9 Å². The van der Waals surface area contributed by atoms with Crippen molar-refractivity contribution in [1.82, 2.24) is 10.6 Å². The summed E-state index contributed by atoms with van der Waals surface area (Å²) in [6, 6.07) is 11.6. The van der Waals surface area contributed by atoms with E-state index in [1.54, 1.807) is 21.3 Å². The van der Waals surface area contributed by atoms with Crippen LogP contribution in [-0.2, 0) is 6.54 Å². The molecule has 174 valence electrons. The first-order valence-electron chi connectivity index (χ1n) is 10.9. The van der Waals surface area contributed by atoms with Crippen LogP contribution >= 0.6 is 0 Å². The molecule has 32 heavy (non-hydrogen) atoms. The Balaban J connectivity index is 1.48. The van der Waals surface area contributed by atoms with E-state index in [-0.39, 0.29) is 6.03 Å². The summed E-state index contributed by atoms with van der Waals surface area (Å²) in [4.78, 5) is 14.7. The second kappa shape index (κ2) is 11.4. The number of nitrogens with one attached hydrogen (secondary N) is 2. The summed E-state index contributed by atoms with van der Waals surface area (Å²) in [6.07, 6.45) is 1.03. The molecule has 2 aromatic carbocycles. The Kier molecular flexibility index (Phi) is 8.30. The molecule has 2 N–H and O–H groups in total. The summed E-state index contributed by atoms with van der Waals surface area (Å²) >= 11 is 0. The average molecular weight is 444 g/mol. The van der Waals surface area contributed by atoms with Gasteiger partial charge >= 0.3 is 6.03 Å². The van der Waals surface area contributed by atoms with Crippen molar-refractivity contribution in [2.24, 2.45) is 5.92 Å². The summed E-state index contributed by atoms with van der Waals surface area (Å²) < 4.78 is 21.8. The standard InChI is InChI=1S/C24H33N3O5/c1-5-32-23-21(30-3)11-18(12-22(23)31-4)15-26-24(28)25-14-17-9-10-27(16-17)19-7-6-8-20(13-19)29-2/h6-8,11-13,17H,5,9-10,14-16H2,1-4H3,(H2,25,26,28). The molecular formula is C24H33N3O5. The van der Waals surface area contributed by atoms with E-state index in [1.165, 1.54) is 0 Å². The minimum atomic E-state index is -0.198. The molecule has 1 saturated heterocycles. The van der Waals surface area contributed by atoms with Gasteiger partial charge in [-0.3, -0.25) is 0 Å². The van der Waals surface area contributed by atoms with Crippen LogP contribution in [0.1, 0.15) is 18.9 Å².